The number of hydrogen-bond acceptors (Lipinski definition) is 5. The molecule has 100 valence electrons. The molecule has 18 heavy (non-hydrogen) atoms. The van der Waals surface area contributed by atoms with Crippen molar-refractivity contribution in [1.82, 2.24) is 20.3 Å². The van der Waals surface area contributed by atoms with Crippen LogP contribution in [0.3, 0.4) is 0 Å². The van der Waals surface area contributed by atoms with E-state index in [0.29, 0.717) is 19.5 Å². The third kappa shape index (κ3) is 4.13. The molecule has 0 aliphatic carbocycles. The fraction of sp³-hybridized carbons (Fsp3) is 0.600. The highest BCUT2D eigenvalue weighted by Crippen LogP contribution is 1.94. The van der Waals surface area contributed by atoms with Crippen LogP contribution in [-0.4, -0.2) is 44.6 Å². The number of amides is 1. The molecule has 0 radical (unpaired) electrons. The van der Waals surface area contributed by atoms with Crippen LogP contribution in [0.15, 0.2) is 6.20 Å². The molecule has 1 rings (SSSR count). The van der Waals surface area contributed by atoms with Crippen molar-refractivity contribution in [3.63, 3.8) is 0 Å². The summed E-state index contributed by atoms with van der Waals surface area (Å²) in [5, 5.41) is 18.4. The summed E-state index contributed by atoms with van der Waals surface area (Å²) in [6.07, 6.45) is 2.79. The van der Waals surface area contributed by atoms with E-state index in [-0.39, 0.29) is 11.6 Å². The van der Waals surface area contributed by atoms with Crippen molar-refractivity contribution in [3.05, 3.63) is 11.9 Å². The number of carbonyl (C=O) groups is 2. The van der Waals surface area contributed by atoms with Crippen LogP contribution < -0.4 is 11.1 Å². The van der Waals surface area contributed by atoms with E-state index in [4.69, 9.17) is 10.8 Å². The average molecular weight is 255 g/mol. The molecule has 1 aromatic rings. The molecule has 0 unspecified atom stereocenters. The second kappa shape index (κ2) is 6.70. The highest BCUT2D eigenvalue weighted by atomic mass is 16.4. The van der Waals surface area contributed by atoms with E-state index in [1.165, 1.54) is 10.9 Å². The lowest BCUT2D eigenvalue weighted by Gasteiger charge is -2.10. The Morgan fingerprint density at radius 2 is 2.33 bits per heavy atom. The number of nitrogens with two attached hydrogens (primary N) is 1. The van der Waals surface area contributed by atoms with Crippen LogP contribution in [0.4, 0.5) is 0 Å². The molecule has 0 spiro atoms. The minimum Gasteiger partial charge on any atom is -0.476 e. The summed E-state index contributed by atoms with van der Waals surface area (Å²) in [5.74, 6) is -1.34. The normalized spacial score (nSPS) is 12.1. The molecular weight excluding hydrogens is 238 g/mol. The lowest BCUT2D eigenvalue weighted by Crippen LogP contribution is -2.41. The second-order valence-corrected chi connectivity index (χ2v) is 3.86. The quantitative estimate of drug-likeness (QED) is 0.587. The molecule has 0 bridgehead atoms. The summed E-state index contributed by atoms with van der Waals surface area (Å²) >= 11 is 0. The van der Waals surface area contributed by atoms with Gasteiger partial charge in [0.2, 0.25) is 5.91 Å². The van der Waals surface area contributed by atoms with Gasteiger partial charge < -0.3 is 16.2 Å². The molecule has 8 nitrogen and oxygen atoms in total. The molecule has 1 atom stereocenters. The maximum atomic E-state index is 11.5. The van der Waals surface area contributed by atoms with E-state index in [1.807, 2.05) is 6.92 Å². The zero-order valence-corrected chi connectivity index (χ0v) is 10.2. The summed E-state index contributed by atoms with van der Waals surface area (Å²) in [4.78, 5) is 22.0. The molecular formula is C10H17N5O3. The van der Waals surface area contributed by atoms with E-state index in [2.05, 4.69) is 15.6 Å². The van der Waals surface area contributed by atoms with Crippen LogP contribution in [0.25, 0.3) is 0 Å². The number of hydrogen-bond donors (Lipinski definition) is 3. The van der Waals surface area contributed by atoms with E-state index in [9.17, 15) is 9.59 Å². The number of carboxylic acids is 1. The van der Waals surface area contributed by atoms with Gasteiger partial charge in [-0.1, -0.05) is 18.6 Å². The molecule has 0 aliphatic rings. The Morgan fingerprint density at radius 3 is 2.89 bits per heavy atom. The van der Waals surface area contributed by atoms with Crippen molar-refractivity contribution in [2.75, 3.05) is 6.54 Å². The Kier molecular flexibility index (Phi) is 5.25. The molecule has 0 saturated carbocycles. The lowest BCUT2D eigenvalue weighted by molar-refractivity contribution is -0.122. The molecule has 0 fully saturated rings. The summed E-state index contributed by atoms with van der Waals surface area (Å²) in [6.45, 7) is 2.64. The highest BCUT2D eigenvalue weighted by molar-refractivity contribution is 5.84. The smallest absolute Gasteiger partial charge is 0.358 e. The first-order chi connectivity index (χ1) is 8.54. The van der Waals surface area contributed by atoms with Gasteiger partial charge in [-0.25, -0.2) is 9.48 Å². The minimum absolute atomic E-state index is 0.121. The fourth-order valence-corrected chi connectivity index (χ4v) is 1.37. The van der Waals surface area contributed by atoms with Crippen molar-refractivity contribution < 1.29 is 14.7 Å². The SMILES string of the molecule is CCC[C@H](N)C(=O)NCCn1cc(C(=O)O)nn1. The van der Waals surface area contributed by atoms with Crippen molar-refractivity contribution in [1.29, 1.82) is 0 Å². The maximum Gasteiger partial charge on any atom is 0.358 e. The number of carbonyl (C=O) groups excluding carboxylic acids is 1. The monoisotopic (exact) mass is 255 g/mol. The fourth-order valence-electron chi connectivity index (χ4n) is 1.37. The first-order valence-electron chi connectivity index (χ1n) is 5.71. The number of rotatable bonds is 7. The minimum atomic E-state index is -1.13. The summed E-state index contributed by atoms with van der Waals surface area (Å²) in [5.41, 5.74) is 5.51. The van der Waals surface area contributed by atoms with E-state index < -0.39 is 12.0 Å². The van der Waals surface area contributed by atoms with Crippen molar-refractivity contribution in [3.8, 4) is 0 Å². The Labute approximate surface area is 104 Å². The third-order valence-corrected chi connectivity index (χ3v) is 2.33. The van der Waals surface area contributed by atoms with Crippen molar-refractivity contribution in [2.45, 2.75) is 32.4 Å². The lowest BCUT2D eigenvalue weighted by atomic mass is 10.2. The van der Waals surface area contributed by atoms with Crippen molar-refractivity contribution in [2.24, 2.45) is 5.73 Å². The Morgan fingerprint density at radius 1 is 1.61 bits per heavy atom. The van der Waals surface area contributed by atoms with Gasteiger partial charge in [0.15, 0.2) is 5.69 Å². The largest absolute Gasteiger partial charge is 0.476 e. The predicted octanol–water partition coefficient (Wildman–Crippen LogP) is -0.780. The van der Waals surface area contributed by atoms with E-state index in [1.54, 1.807) is 0 Å². The highest BCUT2D eigenvalue weighted by Gasteiger charge is 2.12. The van der Waals surface area contributed by atoms with Crippen LogP contribution in [0, 0.1) is 0 Å². The number of nitrogens with zero attached hydrogens (tertiary/aromatic N) is 3. The van der Waals surface area contributed by atoms with Gasteiger partial charge >= 0.3 is 5.97 Å². The molecule has 1 amide bonds. The standard InChI is InChI=1S/C10H17N5O3/c1-2-3-7(11)9(16)12-4-5-15-6-8(10(17)18)13-14-15/h6-7H,2-5,11H2,1H3,(H,12,16)(H,17,18)/t7-/m0/s1. The van der Waals surface area contributed by atoms with Crippen LogP contribution in [0.5, 0.6) is 0 Å². The molecule has 4 N–H and O–H groups in total. The number of aromatic nitrogens is 3. The first-order valence-corrected chi connectivity index (χ1v) is 5.71. The van der Waals surface area contributed by atoms with E-state index in [0.717, 1.165) is 6.42 Å². The molecule has 0 aliphatic heterocycles. The second-order valence-electron chi connectivity index (χ2n) is 3.86. The van der Waals surface area contributed by atoms with Gasteiger partial charge in [0, 0.05) is 6.54 Å². The van der Waals surface area contributed by atoms with Gasteiger partial charge in [0.25, 0.3) is 0 Å². The topological polar surface area (TPSA) is 123 Å². The predicted molar refractivity (Wildman–Crippen MR) is 62.9 cm³/mol. The van der Waals surface area contributed by atoms with Crippen LogP contribution in [-0.2, 0) is 11.3 Å². The van der Waals surface area contributed by atoms with Gasteiger partial charge in [0.05, 0.1) is 18.8 Å². The van der Waals surface area contributed by atoms with Gasteiger partial charge in [-0.3, -0.25) is 4.79 Å². The number of carboxylic acid groups (broad SMARTS) is 1. The number of aromatic carboxylic acids is 1. The summed E-state index contributed by atoms with van der Waals surface area (Å²) in [7, 11) is 0. The Balaban J connectivity index is 2.32. The summed E-state index contributed by atoms with van der Waals surface area (Å²) < 4.78 is 1.36. The molecule has 0 aromatic carbocycles. The van der Waals surface area contributed by atoms with Crippen LogP contribution >= 0.6 is 0 Å². The van der Waals surface area contributed by atoms with Gasteiger partial charge in [0.1, 0.15) is 0 Å². The molecule has 0 saturated heterocycles. The van der Waals surface area contributed by atoms with Crippen LogP contribution in [0.1, 0.15) is 30.3 Å². The van der Waals surface area contributed by atoms with E-state index >= 15 is 0 Å². The van der Waals surface area contributed by atoms with Crippen molar-refractivity contribution >= 4 is 11.9 Å². The Hall–Kier alpha value is -1.96. The summed E-state index contributed by atoms with van der Waals surface area (Å²) in [6, 6.07) is -0.500. The average Bonchev–Trinajstić information content (AvgIpc) is 2.78. The third-order valence-electron chi connectivity index (χ3n) is 2.33. The molecule has 1 aromatic heterocycles. The van der Waals surface area contributed by atoms with Gasteiger partial charge in [-0.05, 0) is 6.42 Å². The maximum absolute atomic E-state index is 11.5. The van der Waals surface area contributed by atoms with Gasteiger partial charge in [-0.15, -0.1) is 5.10 Å². The Bertz CT molecular complexity index is 417. The van der Waals surface area contributed by atoms with Gasteiger partial charge in [-0.2, -0.15) is 0 Å². The first kappa shape index (κ1) is 14.1. The zero-order chi connectivity index (χ0) is 13.5. The zero-order valence-electron chi connectivity index (χ0n) is 10.2. The number of nitrogens with one attached hydrogen (secondary N) is 1. The van der Waals surface area contributed by atoms with Crippen LogP contribution in [0.2, 0.25) is 0 Å². The molecule has 1 heterocycles. The molecule has 8 heteroatoms.